The normalized spacial score (nSPS) is 16.1. The Labute approximate surface area is 129 Å². The molecule has 1 fully saturated rings. The highest BCUT2D eigenvalue weighted by Gasteiger charge is 2.24. The van der Waals surface area contributed by atoms with Crippen LogP contribution in [0, 0.1) is 0 Å². The SMILES string of the molecule is COCn1ccc(C(=O)N2CCN(Cc3ccco3)CC2)n1. The van der Waals surface area contributed by atoms with E-state index in [-0.39, 0.29) is 5.91 Å². The summed E-state index contributed by atoms with van der Waals surface area (Å²) < 4.78 is 12.0. The Morgan fingerprint density at radius 2 is 2.14 bits per heavy atom. The molecule has 0 atom stereocenters. The second kappa shape index (κ2) is 6.76. The van der Waals surface area contributed by atoms with Gasteiger partial charge in [-0.1, -0.05) is 0 Å². The molecule has 0 N–H and O–H groups in total. The molecule has 2 aromatic heterocycles. The number of ether oxygens (including phenoxy) is 1. The molecule has 2 aromatic rings. The summed E-state index contributed by atoms with van der Waals surface area (Å²) >= 11 is 0. The topological polar surface area (TPSA) is 63.7 Å². The first-order valence-corrected chi connectivity index (χ1v) is 7.32. The van der Waals surface area contributed by atoms with Gasteiger partial charge in [-0.3, -0.25) is 9.69 Å². The fourth-order valence-electron chi connectivity index (χ4n) is 2.57. The first-order valence-electron chi connectivity index (χ1n) is 7.32. The number of piperazine rings is 1. The Kier molecular flexibility index (Phi) is 4.55. The van der Waals surface area contributed by atoms with Gasteiger partial charge in [0.25, 0.3) is 5.91 Å². The molecule has 1 saturated heterocycles. The molecule has 1 amide bonds. The van der Waals surface area contributed by atoms with Gasteiger partial charge in [-0.05, 0) is 18.2 Å². The van der Waals surface area contributed by atoms with Gasteiger partial charge in [-0.25, -0.2) is 4.68 Å². The Bertz CT molecular complexity index is 600. The molecule has 0 aliphatic carbocycles. The number of hydrogen-bond acceptors (Lipinski definition) is 5. The average molecular weight is 304 g/mol. The predicted octanol–water partition coefficient (Wildman–Crippen LogP) is 1.04. The summed E-state index contributed by atoms with van der Waals surface area (Å²) in [5.41, 5.74) is 0.469. The maximum Gasteiger partial charge on any atom is 0.274 e. The van der Waals surface area contributed by atoms with Gasteiger partial charge in [0.05, 0.1) is 12.8 Å². The molecule has 7 heteroatoms. The molecule has 1 aliphatic rings. The van der Waals surface area contributed by atoms with Crippen molar-refractivity contribution in [3.63, 3.8) is 0 Å². The molecular weight excluding hydrogens is 284 g/mol. The minimum Gasteiger partial charge on any atom is -0.468 e. The van der Waals surface area contributed by atoms with Crippen LogP contribution in [-0.4, -0.2) is 58.8 Å². The van der Waals surface area contributed by atoms with E-state index in [0.717, 1.165) is 25.4 Å². The number of aromatic nitrogens is 2. The maximum absolute atomic E-state index is 12.4. The zero-order valence-electron chi connectivity index (χ0n) is 12.6. The lowest BCUT2D eigenvalue weighted by Gasteiger charge is -2.33. The van der Waals surface area contributed by atoms with Gasteiger partial charge in [-0.2, -0.15) is 5.10 Å². The lowest BCUT2D eigenvalue weighted by molar-refractivity contribution is 0.0610. The second-order valence-electron chi connectivity index (χ2n) is 5.31. The van der Waals surface area contributed by atoms with Crippen LogP contribution in [0.5, 0.6) is 0 Å². The Hall–Kier alpha value is -2.12. The summed E-state index contributed by atoms with van der Waals surface area (Å²) in [5, 5.41) is 4.23. The molecular formula is C15H20N4O3. The Morgan fingerprint density at radius 1 is 1.32 bits per heavy atom. The Balaban J connectivity index is 1.52. The number of carbonyl (C=O) groups is 1. The molecule has 1 aliphatic heterocycles. The van der Waals surface area contributed by atoms with Crippen molar-refractivity contribution < 1.29 is 13.9 Å². The fraction of sp³-hybridized carbons (Fsp3) is 0.467. The summed E-state index contributed by atoms with van der Waals surface area (Å²) in [6.07, 6.45) is 3.44. The smallest absolute Gasteiger partial charge is 0.274 e. The van der Waals surface area contributed by atoms with E-state index >= 15 is 0 Å². The fourth-order valence-corrected chi connectivity index (χ4v) is 2.57. The number of hydrogen-bond donors (Lipinski definition) is 0. The van der Waals surface area contributed by atoms with Crippen molar-refractivity contribution in [2.75, 3.05) is 33.3 Å². The van der Waals surface area contributed by atoms with Crippen LogP contribution in [0.15, 0.2) is 35.1 Å². The van der Waals surface area contributed by atoms with E-state index in [0.29, 0.717) is 25.5 Å². The molecule has 0 saturated carbocycles. The van der Waals surface area contributed by atoms with Crippen molar-refractivity contribution >= 4 is 5.91 Å². The predicted molar refractivity (Wildman–Crippen MR) is 79.1 cm³/mol. The van der Waals surface area contributed by atoms with Crippen LogP contribution in [0.3, 0.4) is 0 Å². The van der Waals surface area contributed by atoms with E-state index in [2.05, 4.69) is 10.00 Å². The van der Waals surface area contributed by atoms with Gasteiger partial charge in [0.2, 0.25) is 0 Å². The summed E-state index contributed by atoms with van der Waals surface area (Å²) in [5.74, 6) is 0.936. The minimum atomic E-state index is -0.0208. The highest BCUT2D eigenvalue weighted by Crippen LogP contribution is 2.11. The van der Waals surface area contributed by atoms with Crippen molar-refractivity contribution in [3.8, 4) is 0 Å². The van der Waals surface area contributed by atoms with Crippen LogP contribution in [-0.2, 0) is 18.0 Å². The van der Waals surface area contributed by atoms with Crippen molar-refractivity contribution in [2.45, 2.75) is 13.3 Å². The molecule has 118 valence electrons. The van der Waals surface area contributed by atoms with E-state index < -0.39 is 0 Å². The molecule has 22 heavy (non-hydrogen) atoms. The van der Waals surface area contributed by atoms with Crippen LogP contribution in [0.25, 0.3) is 0 Å². The van der Waals surface area contributed by atoms with E-state index in [1.165, 1.54) is 0 Å². The highest BCUT2D eigenvalue weighted by atomic mass is 16.5. The lowest BCUT2D eigenvalue weighted by Crippen LogP contribution is -2.48. The monoisotopic (exact) mass is 304 g/mol. The zero-order chi connectivity index (χ0) is 15.4. The number of methoxy groups -OCH3 is 1. The molecule has 0 aromatic carbocycles. The van der Waals surface area contributed by atoms with Crippen LogP contribution in [0.2, 0.25) is 0 Å². The van der Waals surface area contributed by atoms with Crippen molar-refractivity contribution in [2.24, 2.45) is 0 Å². The number of rotatable bonds is 5. The van der Waals surface area contributed by atoms with Crippen molar-refractivity contribution in [1.82, 2.24) is 19.6 Å². The summed E-state index contributed by atoms with van der Waals surface area (Å²) in [7, 11) is 1.60. The highest BCUT2D eigenvalue weighted by molar-refractivity contribution is 5.92. The van der Waals surface area contributed by atoms with Gasteiger partial charge in [0.15, 0.2) is 0 Å². The van der Waals surface area contributed by atoms with Gasteiger partial charge >= 0.3 is 0 Å². The van der Waals surface area contributed by atoms with E-state index in [1.54, 1.807) is 30.3 Å². The van der Waals surface area contributed by atoms with E-state index in [1.807, 2.05) is 17.0 Å². The molecule has 0 bridgehead atoms. The Morgan fingerprint density at radius 3 is 2.82 bits per heavy atom. The molecule has 0 unspecified atom stereocenters. The number of furan rings is 1. The van der Waals surface area contributed by atoms with Crippen LogP contribution >= 0.6 is 0 Å². The van der Waals surface area contributed by atoms with Gasteiger partial charge in [-0.15, -0.1) is 0 Å². The first-order chi connectivity index (χ1) is 10.8. The van der Waals surface area contributed by atoms with E-state index in [9.17, 15) is 4.79 Å². The van der Waals surface area contributed by atoms with Crippen molar-refractivity contribution in [1.29, 1.82) is 0 Å². The molecule has 7 nitrogen and oxygen atoms in total. The van der Waals surface area contributed by atoms with Gasteiger partial charge in [0, 0.05) is 39.5 Å². The minimum absolute atomic E-state index is 0.0208. The maximum atomic E-state index is 12.4. The van der Waals surface area contributed by atoms with Crippen LogP contribution in [0.4, 0.5) is 0 Å². The number of carbonyl (C=O) groups excluding carboxylic acids is 1. The van der Waals surface area contributed by atoms with E-state index in [4.69, 9.17) is 9.15 Å². The average Bonchev–Trinajstić information content (AvgIpc) is 3.20. The van der Waals surface area contributed by atoms with Gasteiger partial charge in [0.1, 0.15) is 18.2 Å². The zero-order valence-corrected chi connectivity index (χ0v) is 12.6. The molecule has 3 heterocycles. The quantitative estimate of drug-likeness (QED) is 0.826. The van der Waals surface area contributed by atoms with Crippen LogP contribution in [0.1, 0.15) is 16.2 Å². The standard InChI is InChI=1S/C15H20N4O3/c1-21-12-19-5-4-14(16-19)15(20)18-8-6-17(7-9-18)11-13-3-2-10-22-13/h2-5,10H,6-9,11-12H2,1H3. The van der Waals surface area contributed by atoms with Crippen LogP contribution < -0.4 is 0 Å². The largest absolute Gasteiger partial charge is 0.468 e. The third kappa shape index (κ3) is 3.37. The number of amides is 1. The van der Waals surface area contributed by atoms with Gasteiger partial charge < -0.3 is 14.1 Å². The molecule has 0 radical (unpaired) electrons. The number of nitrogens with zero attached hydrogens (tertiary/aromatic N) is 4. The lowest BCUT2D eigenvalue weighted by atomic mass is 10.2. The summed E-state index contributed by atoms with van der Waals surface area (Å²) in [6, 6.07) is 5.60. The summed E-state index contributed by atoms with van der Waals surface area (Å²) in [6.45, 7) is 4.23. The summed E-state index contributed by atoms with van der Waals surface area (Å²) in [4.78, 5) is 16.5. The first kappa shape index (κ1) is 14.8. The third-order valence-corrected chi connectivity index (χ3v) is 3.74. The molecule has 3 rings (SSSR count). The third-order valence-electron chi connectivity index (χ3n) is 3.74. The molecule has 0 spiro atoms. The van der Waals surface area contributed by atoms with Crippen molar-refractivity contribution in [3.05, 3.63) is 42.1 Å². The second-order valence-corrected chi connectivity index (χ2v) is 5.31.